The van der Waals surface area contributed by atoms with Crippen molar-refractivity contribution in [3.05, 3.63) is 86.8 Å². The highest BCUT2D eigenvalue weighted by Crippen LogP contribution is 2.34. The van der Waals surface area contributed by atoms with Crippen LogP contribution in [0, 0.1) is 13.8 Å². The van der Waals surface area contributed by atoms with Gasteiger partial charge < -0.3 is 10.1 Å². The van der Waals surface area contributed by atoms with Crippen LogP contribution in [0.1, 0.15) is 46.8 Å². The Kier molecular flexibility index (Phi) is 8.11. The molecule has 9 heteroatoms. The predicted molar refractivity (Wildman–Crippen MR) is 127 cm³/mol. The lowest BCUT2D eigenvalue weighted by Gasteiger charge is -2.33. The predicted octanol–water partition coefficient (Wildman–Crippen LogP) is 5.20. The fourth-order valence-electron chi connectivity index (χ4n) is 4.13. The molecule has 1 aromatic heterocycles. The third kappa shape index (κ3) is 6.57. The van der Waals surface area contributed by atoms with Gasteiger partial charge in [-0.15, -0.1) is 0 Å². The molecule has 35 heavy (non-hydrogen) atoms. The Balaban J connectivity index is 0.000000429. The number of nitrogens with zero attached hydrogens (tertiary/aromatic N) is 2. The Hall–Kier alpha value is -3.46. The molecule has 0 radical (unpaired) electrons. The van der Waals surface area contributed by atoms with Crippen LogP contribution in [-0.2, 0) is 17.8 Å². The van der Waals surface area contributed by atoms with Gasteiger partial charge in [-0.1, -0.05) is 48.5 Å². The summed E-state index contributed by atoms with van der Waals surface area (Å²) in [6, 6.07) is 17.7. The maximum atomic E-state index is 12.0. The van der Waals surface area contributed by atoms with Gasteiger partial charge in [0.15, 0.2) is 0 Å². The number of carboxylic acid groups (broad SMARTS) is 1. The molecular weight excluding hydrogens is 459 g/mol. The van der Waals surface area contributed by atoms with Crippen LogP contribution in [-0.4, -0.2) is 39.2 Å². The summed E-state index contributed by atoms with van der Waals surface area (Å²) in [7, 11) is 2.21. The molecular formula is C26H28F3N3O3. The number of hydrogen-bond acceptors (Lipinski definition) is 4. The molecule has 0 aliphatic heterocycles. The zero-order valence-corrected chi connectivity index (χ0v) is 19.8. The number of nitrogens with one attached hydrogen (secondary N) is 1. The second-order valence-corrected chi connectivity index (χ2v) is 8.65. The summed E-state index contributed by atoms with van der Waals surface area (Å²) >= 11 is 0. The van der Waals surface area contributed by atoms with Crippen LogP contribution in [0.25, 0.3) is 11.4 Å². The third-order valence-electron chi connectivity index (χ3n) is 6.17. The molecule has 2 N–H and O–H groups in total. The second kappa shape index (κ2) is 10.9. The first-order valence-corrected chi connectivity index (χ1v) is 11.2. The fourth-order valence-corrected chi connectivity index (χ4v) is 4.13. The number of aromatic nitrogens is 2. The van der Waals surface area contributed by atoms with Crippen LogP contribution in [0.3, 0.4) is 0 Å². The van der Waals surface area contributed by atoms with E-state index < -0.39 is 12.1 Å². The van der Waals surface area contributed by atoms with Crippen molar-refractivity contribution < 1.29 is 23.1 Å². The van der Waals surface area contributed by atoms with Gasteiger partial charge >= 0.3 is 12.1 Å². The van der Waals surface area contributed by atoms with Gasteiger partial charge in [0, 0.05) is 29.4 Å². The summed E-state index contributed by atoms with van der Waals surface area (Å²) in [6.45, 7) is 4.57. The first-order chi connectivity index (χ1) is 16.5. The molecule has 1 aliphatic carbocycles. The minimum Gasteiger partial charge on any atom is -0.475 e. The number of hydrogen-bond donors (Lipinski definition) is 2. The summed E-state index contributed by atoms with van der Waals surface area (Å²) in [4.78, 5) is 30.8. The van der Waals surface area contributed by atoms with Crippen LogP contribution in [0.15, 0.2) is 53.3 Å². The van der Waals surface area contributed by atoms with Crippen LogP contribution in [0.4, 0.5) is 13.2 Å². The number of aryl methyl sites for hydroxylation is 2. The average Bonchev–Trinajstić information content (AvgIpc) is 2.82. The minimum absolute atomic E-state index is 0.0673. The van der Waals surface area contributed by atoms with Gasteiger partial charge in [-0.2, -0.15) is 13.2 Å². The summed E-state index contributed by atoms with van der Waals surface area (Å²) in [5.41, 5.74) is 6.56. The molecule has 0 fully saturated rings. The zero-order chi connectivity index (χ0) is 25.8. The number of carbonyl (C=O) groups is 1. The quantitative estimate of drug-likeness (QED) is 0.529. The van der Waals surface area contributed by atoms with E-state index in [1.165, 1.54) is 36.0 Å². The van der Waals surface area contributed by atoms with Gasteiger partial charge in [0.25, 0.3) is 5.56 Å². The number of halogens is 3. The van der Waals surface area contributed by atoms with Gasteiger partial charge in [0.1, 0.15) is 5.82 Å². The van der Waals surface area contributed by atoms with E-state index in [4.69, 9.17) is 9.90 Å². The van der Waals surface area contributed by atoms with Crippen LogP contribution < -0.4 is 5.56 Å². The lowest BCUT2D eigenvalue weighted by Crippen LogP contribution is -2.27. The Bertz CT molecular complexity index is 1240. The number of aromatic amines is 1. The van der Waals surface area contributed by atoms with E-state index >= 15 is 0 Å². The van der Waals surface area contributed by atoms with Crippen molar-refractivity contribution in [2.24, 2.45) is 0 Å². The molecule has 2 aromatic carbocycles. The van der Waals surface area contributed by atoms with Crippen molar-refractivity contribution >= 4 is 5.97 Å². The number of fused-ring (bicyclic) bond motifs is 1. The molecule has 1 aliphatic rings. The van der Waals surface area contributed by atoms with E-state index in [1.54, 1.807) is 6.92 Å². The topological polar surface area (TPSA) is 86.3 Å². The Labute approximate surface area is 201 Å². The first-order valence-electron chi connectivity index (χ1n) is 11.2. The lowest BCUT2D eigenvalue weighted by atomic mass is 9.87. The van der Waals surface area contributed by atoms with E-state index in [1.807, 2.05) is 19.1 Å². The number of carboxylic acids is 1. The summed E-state index contributed by atoms with van der Waals surface area (Å²) in [6.07, 6.45) is -1.44. The first kappa shape index (κ1) is 26.2. The highest BCUT2D eigenvalue weighted by atomic mass is 19.4. The monoisotopic (exact) mass is 487 g/mol. The molecule has 4 rings (SSSR count). The van der Waals surface area contributed by atoms with Gasteiger partial charge in [0.2, 0.25) is 0 Å². The molecule has 0 spiro atoms. The van der Waals surface area contributed by atoms with Gasteiger partial charge in [-0.05, 0) is 56.8 Å². The third-order valence-corrected chi connectivity index (χ3v) is 6.17. The van der Waals surface area contributed by atoms with Gasteiger partial charge in [0.05, 0.1) is 0 Å². The largest absolute Gasteiger partial charge is 0.490 e. The number of rotatable bonds is 4. The smallest absolute Gasteiger partial charge is 0.475 e. The van der Waals surface area contributed by atoms with Crippen molar-refractivity contribution in [3.63, 3.8) is 0 Å². The molecule has 0 bridgehead atoms. The minimum atomic E-state index is -5.08. The summed E-state index contributed by atoms with van der Waals surface area (Å²) in [5.74, 6) is -2.12. The zero-order valence-electron chi connectivity index (χ0n) is 19.8. The van der Waals surface area contributed by atoms with Gasteiger partial charge in [-0.25, -0.2) is 9.78 Å². The van der Waals surface area contributed by atoms with Crippen molar-refractivity contribution in [2.75, 3.05) is 7.05 Å². The number of aliphatic carboxylic acids is 1. The highest BCUT2D eigenvalue weighted by Gasteiger charge is 2.38. The molecule has 0 saturated carbocycles. The molecule has 6 nitrogen and oxygen atoms in total. The maximum Gasteiger partial charge on any atom is 0.490 e. The van der Waals surface area contributed by atoms with E-state index in [9.17, 15) is 18.0 Å². The lowest BCUT2D eigenvalue weighted by molar-refractivity contribution is -0.192. The molecule has 186 valence electrons. The number of benzene rings is 2. The molecule has 1 atom stereocenters. The van der Waals surface area contributed by atoms with Crippen LogP contribution in [0.2, 0.25) is 0 Å². The Morgan fingerprint density at radius 2 is 1.77 bits per heavy atom. The van der Waals surface area contributed by atoms with Crippen molar-refractivity contribution in [2.45, 2.75) is 51.9 Å². The molecule has 0 saturated heterocycles. The van der Waals surface area contributed by atoms with Crippen molar-refractivity contribution in [1.82, 2.24) is 14.9 Å². The van der Waals surface area contributed by atoms with E-state index in [0.717, 1.165) is 17.8 Å². The van der Waals surface area contributed by atoms with Crippen LogP contribution >= 0.6 is 0 Å². The van der Waals surface area contributed by atoms with Gasteiger partial charge in [-0.3, -0.25) is 9.69 Å². The Morgan fingerprint density at radius 3 is 2.37 bits per heavy atom. The fraction of sp³-hybridized carbons (Fsp3) is 0.346. The normalized spacial score (nSPS) is 15.2. The van der Waals surface area contributed by atoms with Crippen molar-refractivity contribution in [3.8, 4) is 11.4 Å². The van der Waals surface area contributed by atoms with E-state index in [2.05, 4.69) is 58.3 Å². The SMILES string of the molecule is Cc1nc(-c2ccc(CN(C)C3CCCc4ccccc43)cc2)[nH]c(=O)c1C.O=C(O)C(F)(F)F. The molecule has 0 amide bonds. The van der Waals surface area contributed by atoms with E-state index in [-0.39, 0.29) is 5.56 Å². The van der Waals surface area contributed by atoms with E-state index in [0.29, 0.717) is 17.4 Å². The number of alkyl halides is 3. The molecule has 1 unspecified atom stereocenters. The Morgan fingerprint density at radius 1 is 1.14 bits per heavy atom. The standard InChI is InChI=1S/C24H27N3O.C2HF3O2/c1-16-17(2)25-23(26-24(16)28)20-13-11-18(12-14-20)15-27(3)22-10-6-8-19-7-4-5-9-21(19)22;3-2(4,5)1(6)7/h4-5,7,9,11-14,22H,6,8,10,15H2,1-3H3,(H,25,26,28);(H,6,7). The summed E-state index contributed by atoms with van der Waals surface area (Å²) in [5, 5.41) is 7.12. The van der Waals surface area contributed by atoms with Crippen molar-refractivity contribution in [1.29, 1.82) is 0 Å². The van der Waals surface area contributed by atoms with Crippen LogP contribution in [0.5, 0.6) is 0 Å². The molecule has 3 aromatic rings. The molecule has 1 heterocycles. The second-order valence-electron chi connectivity index (χ2n) is 8.65. The summed E-state index contributed by atoms with van der Waals surface area (Å²) < 4.78 is 31.7. The maximum absolute atomic E-state index is 12.0. The number of H-pyrrole nitrogens is 1. The average molecular weight is 488 g/mol. The highest BCUT2D eigenvalue weighted by molar-refractivity contribution is 5.73.